The van der Waals surface area contributed by atoms with Gasteiger partial charge in [-0.15, -0.1) is 5.10 Å². The van der Waals surface area contributed by atoms with Crippen molar-refractivity contribution in [2.45, 2.75) is 0 Å². The van der Waals surface area contributed by atoms with Gasteiger partial charge in [-0.1, -0.05) is 11.6 Å². The van der Waals surface area contributed by atoms with Crippen LogP contribution < -0.4 is 10.1 Å². The Bertz CT molecular complexity index is 731. The van der Waals surface area contributed by atoms with Crippen molar-refractivity contribution in [1.82, 2.24) is 5.32 Å². The van der Waals surface area contributed by atoms with Crippen LogP contribution in [-0.2, 0) is 14.3 Å². The number of nitrogens with one attached hydrogen (secondary N) is 1. The van der Waals surface area contributed by atoms with E-state index in [1.54, 1.807) is 18.2 Å². The van der Waals surface area contributed by atoms with E-state index in [0.717, 1.165) is 17.8 Å². The Hall–Kier alpha value is -2.32. The number of benzene rings is 1. The number of nitrogens with zero attached hydrogens (tertiary/aromatic N) is 2. The third-order valence-electron chi connectivity index (χ3n) is 2.64. The molecule has 0 spiro atoms. The molecule has 1 aromatic carbocycles. The molecule has 1 amide bonds. The van der Waals surface area contributed by atoms with E-state index in [1.165, 1.54) is 20.4 Å². The van der Waals surface area contributed by atoms with Crippen molar-refractivity contribution in [3.63, 3.8) is 0 Å². The maximum Gasteiger partial charge on any atom is 0.331 e. The molecule has 0 radical (unpaired) electrons. The lowest BCUT2D eigenvalue weighted by Gasteiger charge is -2.03. The predicted octanol–water partition coefficient (Wildman–Crippen LogP) is 1.96. The number of thioether (sulfide) groups is 1. The molecule has 0 saturated carbocycles. The maximum atomic E-state index is 11.6. The van der Waals surface area contributed by atoms with Gasteiger partial charge in [0, 0.05) is 16.7 Å². The molecular formula is C14H12ClN3O4S. The minimum Gasteiger partial charge on any atom is -0.496 e. The number of carbonyl (C=O) groups excluding carboxylic acids is 2. The number of halogens is 1. The minimum atomic E-state index is -0.615. The van der Waals surface area contributed by atoms with Gasteiger partial charge in [0.05, 0.1) is 25.3 Å². The SMILES string of the molecule is COC(=O)/C=C1/S/C(=N\N=Cc2cc(Cl)ccc2OC)NC1=O. The van der Waals surface area contributed by atoms with Crippen molar-refractivity contribution >= 4 is 46.6 Å². The van der Waals surface area contributed by atoms with Gasteiger partial charge in [-0.2, -0.15) is 5.10 Å². The van der Waals surface area contributed by atoms with E-state index in [9.17, 15) is 9.59 Å². The quantitative estimate of drug-likeness (QED) is 0.387. The van der Waals surface area contributed by atoms with Crippen LogP contribution in [0, 0.1) is 0 Å². The summed E-state index contributed by atoms with van der Waals surface area (Å²) in [6.45, 7) is 0. The van der Waals surface area contributed by atoms with Gasteiger partial charge in [0.15, 0.2) is 5.17 Å². The number of carbonyl (C=O) groups is 2. The maximum absolute atomic E-state index is 11.6. The summed E-state index contributed by atoms with van der Waals surface area (Å²) in [6.07, 6.45) is 2.54. The number of amidine groups is 1. The molecule has 1 fully saturated rings. The molecule has 1 heterocycles. The number of hydrogen-bond donors (Lipinski definition) is 1. The van der Waals surface area contributed by atoms with Crippen molar-refractivity contribution in [3.8, 4) is 5.75 Å². The van der Waals surface area contributed by atoms with Crippen LogP contribution in [0.1, 0.15) is 5.56 Å². The van der Waals surface area contributed by atoms with Gasteiger partial charge < -0.3 is 9.47 Å². The third kappa shape index (κ3) is 4.57. The Morgan fingerprint density at radius 3 is 2.87 bits per heavy atom. The summed E-state index contributed by atoms with van der Waals surface area (Å²) in [5.74, 6) is -0.460. The lowest BCUT2D eigenvalue weighted by molar-refractivity contribution is -0.135. The lowest BCUT2D eigenvalue weighted by Crippen LogP contribution is -2.19. The van der Waals surface area contributed by atoms with Crippen LogP contribution in [0.3, 0.4) is 0 Å². The van der Waals surface area contributed by atoms with Crippen molar-refractivity contribution in [2.24, 2.45) is 10.2 Å². The zero-order valence-corrected chi connectivity index (χ0v) is 13.8. The molecule has 0 unspecified atom stereocenters. The van der Waals surface area contributed by atoms with Gasteiger partial charge in [-0.3, -0.25) is 10.1 Å². The van der Waals surface area contributed by atoms with E-state index in [1.807, 2.05) is 0 Å². The Kier molecular flexibility index (Phi) is 5.78. The first kappa shape index (κ1) is 17.0. The topological polar surface area (TPSA) is 89.3 Å². The highest BCUT2D eigenvalue weighted by molar-refractivity contribution is 8.18. The number of ether oxygens (including phenoxy) is 2. The molecule has 1 aliphatic heterocycles. The summed E-state index contributed by atoms with van der Waals surface area (Å²) >= 11 is 6.90. The lowest BCUT2D eigenvalue weighted by atomic mass is 10.2. The Balaban J connectivity index is 2.12. The number of hydrogen-bond acceptors (Lipinski definition) is 7. The molecule has 1 N–H and O–H groups in total. The van der Waals surface area contributed by atoms with E-state index in [2.05, 4.69) is 20.3 Å². The number of rotatable bonds is 4. The highest BCUT2D eigenvalue weighted by atomic mass is 35.5. The van der Waals surface area contributed by atoms with Gasteiger partial charge in [-0.05, 0) is 30.0 Å². The van der Waals surface area contributed by atoms with E-state index >= 15 is 0 Å². The molecule has 1 saturated heterocycles. The second kappa shape index (κ2) is 7.80. The van der Waals surface area contributed by atoms with Crippen LogP contribution >= 0.6 is 23.4 Å². The first-order valence-electron chi connectivity index (χ1n) is 6.27. The average molecular weight is 354 g/mol. The molecule has 2 rings (SSSR count). The number of esters is 1. The number of methoxy groups -OCH3 is 2. The second-order valence-electron chi connectivity index (χ2n) is 4.12. The highest BCUT2D eigenvalue weighted by Crippen LogP contribution is 2.24. The molecular weight excluding hydrogens is 342 g/mol. The molecule has 0 aliphatic carbocycles. The zero-order valence-electron chi connectivity index (χ0n) is 12.2. The van der Waals surface area contributed by atoms with Crippen LogP contribution in [-0.4, -0.2) is 37.5 Å². The van der Waals surface area contributed by atoms with Crippen molar-refractivity contribution in [1.29, 1.82) is 0 Å². The summed E-state index contributed by atoms with van der Waals surface area (Å²) in [6, 6.07) is 5.08. The first-order valence-corrected chi connectivity index (χ1v) is 7.46. The second-order valence-corrected chi connectivity index (χ2v) is 5.59. The zero-order chi connectivity index (χ0) is 16.8. The molecule has 120 valence electrons. The fourth-order valence-electron chi connectivity index (χ4n) is 1.59. The minimum absolute atomic E-state index is 0.186. The van der Waals surface area contributed by atoms with Gasteiger partial charge in [0.25, 0.3) is 5.91 Å². The van der Waals surface area contributed by atoms with Crippen molar-refractivity contribution in [2.75, 3.05) is 14.2 Å². The van der Waals surface area contributed by atoms with Gasteiger partial charge in [0.1, 0.15) is 5.75 Å². The molecule has 0 bridgehead atoms. The van der Waals surface area contributed by atoms with E-state index in [0.29, 0.717) is 16.3 Å². The summed E-state index contributed by atoms with van der Waals surface area (Å²) in [5.41, 5.74) is 0.643. The molecule has 0 atom stereocenters. The summed E-state index contributed by atoms with van der Waals surface area (Å²) in [7, 11) is 2.76. The molecule has 0 aromatic heterocycles. The Labute approximate surface area is 141 Å². The Morgan fingerprint density at radius 2 is 2.17 bits per heavy atom. The van der Waals surface area contributed by atoms with Crippen LogP contribution in [0.5, 0.6) is 5.75 Å². The van der Waals surface area contributed by atoms with E-state index in [-0.39, 0.29) is 10.1 Å². The van der Waals surface area contributed by atoms with Gasteiger partial charge >= 0.3 is 5.97 Å². The third-order valence-corrected chi connectivity index (χ3v) is 3.77. The Morgan fingerprint density at radius 1 is 1.39 bits per heavy atom. The van der Waals surface area contributed by atoms with E-state index in [4.69, 9.17) is 16.3 Å². The summed E-state index contributed by atoms with van der Waals surface area (Å²) in [4.78, 5) is 23.0. The van der Waals surface area contributed by atoms with Crippen LogP contribution in [0.25, 0.3) is 0 Å². The predicted molar refractivity (Wildman–Crippen MR) is 88.9 cm³/mol. The fraction of sp³-hybridized carbons (Fsp3) is 0.143. The van der Waals surface area contributed by atoms with Gasteiger partial charge in [-0.25, -0.2) is 4.79 Å². The molecule has 9 heteroatoms. The summed E-state index contributed by atoms with van der Waals surface area (Å²) in [5, 5.41) is 11.0. The largest absolute Gasteiger partial charge is 0.496 e. The highest BCUT2D eigenvalue weighted by Gasteiger charge is 2.24. The molecule has 7 nitrogen and oxygen atoms in total. The van der Waals surface area contributed by atoms with Crippen LogP contribution in [0.15, 0.2) is 39.4 Å². The molecule has 23 heavy (non-hydrogen) atoms. The van der Waals surface area contributed by atoms with Crippen molar-refractivity contribution < 1.29 is 19.1 Å². The van der Waals surface area contributed by atoms with E-state index < -0.39 is 11.9 Å². The first-order chi connectivity index (χ1) is 11.0. The smallest absolute Gasteiger partial charge is 0.331 e. The monoisotopic (exact) mass is 353 g/mol. The van der Waals surface area contributed by atoms with Gasteiger partial charge in [0.2, 0.25) is 0 Å². The fourth-order valence-corrected chi connectivity index (χ4v) is 2.51. The normalized spacial score (nSPS) is 17.8. The summed E-state index contributed by atoms with van der Waals surface area (Å²) < 4.78 is 9.65. The molecule has 1 aromatic rings. The van der Waals surface area contributed by atoms with Crippen molar-refractivity contribution in [3.05, 3.63) is 39.8 Å². The standard InChI is InChI=1S/C14H12ClN3O4S/c1-21-10-4-3-9(15)5-8(10)7-16-18-14-17-13(20)11(23-14)6-12(19)22-2/h3-7H,1-2H3,(H,17,18,20)/b11-6+,16-7?. The van der Waals surface area contributed by atoms with Crippen LogP contribution in [0.4, 0.5) is 0 Å². The number of amides is 1. The molecule has 1 aliphatic rings. The average Bonchev–Trinajstić information content (AvgIpc) is 2.87. The van der Waals surface area contributed by atoms with Crippen LogP contribution in [0.2, 0.25) is 5.02 Å².